The molecule has 8 heteroatoms. The minimum Gasteiger partial charge on any atom is -0.457 e. The molecule has 0 saturated carbocycles. The van der Waals surface area contributed by atoms with Gasteiger partial charge in [0.15, 0.2) is 0 Å². The fourth-order valence-electron chi connectivity index (χ4n) is 5.89. The molecule has 0 spiro atoms. The maximum Gasteiger partial charge on any atom is 0.266 e. The number of nitrogens with zero attached hydrogens (tertiary/aromatic N) is 2. The van der Waals surface area contributed by atoms with Crippen LogP contribution in [0.15, 0.2) is 146 Å². The highest BCUT2D eigenvalue weighted by Crippen LogP contribution is 2.35. The van der Waals surface area contributed by atoms with Crippen molar-refractivity contribution < 1.29 is 28.7 Å². The molecule has 2 aliphatic rings. The number of imide groups is 2. The Kier molecular flexibility index (Phi) is 6.88. The van der Waals surface area contributed by atoms with Gasteiger partial charge in [-0.15, -0.1) is 0 Å². The van der Waals surface area contributed by atoms with Crippen molar-refractivity contribution in [3.8, 4) is 34.1 Å². The van der Waals surface area contributed by atoms with Crippen LogP contribution in [0.1, 0.15) is 41.4 Å². The molecule has 6 aromatic rings. The molecule has 8 nitrogen and oxygen atoms in total. The van der Waals surface area contributed by atoms with Crippen LogP contribution in [0.5, 0.6) is 23.0 Å². The van der Waals surface area contributed by atoms with E-state index >= 15 is 0 Å². The van der Waals surface area contributed by atoms with E-state index < -0.39 is 0 Å². The molecule has 0 aliphatic carbocycles. The Morgan fingerprint density at radius 3 is 1.04 bits per heavy atom. The van der Waals surface area contributed by atoms with Gasteiger partial charge in [-0.2, -0.15) is 0 Å². The lowest BCUT2D eigenvalue weighted by Crippen LogP contribution is -2.29. The average molecular weight is 629 g/mol. The molecule has 2 heterocycles. The van der Waals surface area contributed by atoms with E-state index in [9.17, 15) is 19.2 Å². The molecule has 0 radical (unpaired) electrons. The van der Waals surface area contributed by atoms with Gasteiger partial charge in [-0.25, -0.2) is 9.80 Å². The van der Waals surface area contributed by atoms with Gasteiger partial charge in [-0.1, -0.05) is 60.7 Å². The van der Waals surface area contributed by atoms with Gasteiger partial charge in [0, 0.05) is 0 Å². The van der Waals surface area contributed by atoms with E-state index in [1.165, 1.54) is 9.80 Å². The molecule has 48 heavy (non-hydrogen) atoms. The summed E-state index contributed by atoms with van der Waals surface area (Å²) >= 11 is 0. The van der Waals surface area contributed by atoms with Crippen molar-refractivity contribution in [2.45, 2.75) is 0 Å². The molecule has 0 fully saturated rings. The zero-order valence-electron chi connectivity index (χ0n) is 25.2. The lowest BCUT2D eigenvalue weighted by molar-refractivity contribution is 0.0910. The molecule has 0 N–H and O–H groups in total. The summed E-state index contributed by atoms with van der Waals surface area (Å²) < 4.78 is 12.1. The maximum absolute atomic E-state index is 13.1. The van der Waals surface area contributed by atoms with Crippen LogP contribution in [0.3, 0.4) is 0 Å². The van der Waals surface area contributed by atoms with Crippen molar-refractivity contribution in [3.05, 3.63) is 168 Å². The maximum atomic E-state index is 13.1. The first-order valence-electron chi connectivity index (χ1n) is 15.2. The number of hydrogen-bond donors (Lipinski definition) is 0. The van der Waals surface area contributed by atoms with Crippen molar-refractivity contribution in [3.63, 3.8) is 0 Å². The molecule has 0 unspecified atom stereocenters. The lowest BCUT2D eigenvalue weighted by Gasteiger charge is -2.13. The van der Waals surface area contributed by atoms with Gasteiger partial charge in [0.05, 0.1) is 33.6 Å². The average Bonchev–Trinajstić information content (AvgIpc) is 3.52. The van der Waals surface area contributed by atoms with Gasteiger partial charge in [0.2, 0.25) is 0 Å². The summed E-state index contributed by atoms with van der Waals surface area (Å²) in [6, 6.07) is 42.5. The Labute approximate surface area is 275 Å². The third kappa shape index (κ3) is 4.98. The van der Waals surface area contributed by atoms with Crippen LogP contribution >= 0.6 is 0 Å². The topological polar surface area (TPSA) is 93.2 Å². The second kappa shape index (κ2) is 11.5. The van der Waals surface area contributed by atoms with Crippen molar-refractivity contribution in [1.29, 1.82) is 0 Å². The third-order valence-corrected chi connectivity index (χ3v) is 8.26. The van der Waals surface area contributed by atoms with E-state index in [-0.39, 0.29) is 23.6 Å². The van der Waals surface area contributed by atoms with E-state index in [1.54, 1.807) is 84.9 Å². The minimum atomic E-state index is -0.385. The van der Waals surface area contributed by atoms with Crippen molar-refractivity contribution >= 4 is 35.0 Å². The van der Waals surface area contributed by atoms with Gasteiger partial charge in [0.25, 0.3) is 23.6 Å². The molecular formula is C40H24N2O6. The number of ether oxygens (including phenoxy) is 2. The number of carbonyl (C=O) groups is 4. The van der Waals surface area contributed by atoms with Crippen LogP contribution in [-0.4, -0.2) is 23.6 Å². The van der Waals surface area contributed by atoms with Gasteiger partial charge in [-0.3, -0.25) is 19.2 Å². The molecule has 0 aromatic heterocycles. The summed E-state index contributed by atoms with van der Waals surface area (Å²) in [4.78, 5) is 54.3. The van der Waals surface area contributed by atoms with Crippen LogP contribution in [0.2, 0.25) is 0 Å². The summed E-state index contributed by atoms with van der Waals surface area (Å²) in [6.45, 7) is 0. The number of rotatable bonds is 7. The number of amides is 4. The lowest BCUT2D eigenvalue weighted by atomic mass is 10.1. The highest BCUT2D eigenvalue weighted by atomic mass is 16.5. The predicted octanol–water partition coefficient (Wildman–Crippen LogP) is 8.54. The Hall–Kier alpha value is -6.80. The van der Waals surface area contributed by atoms with Gasteiger partial charge in [-0.05, 0) is 96.1 Å². The fourth-order valence-corrected chi connectivity index (χ4v) is 5.89. The second-order valence-corrected chi connectivity index (χ2v) is 11.2. The standard InChI is InChI=1S/C40H24N2O6/c43-37-33-21-19-31(23-35(33)39(45)41(37)27-7-3-1-4-8-27)47-29-15-11-25(12-16-29)26-13-17-30(18-14-26)48-32-20-22-34-36(24-32)40(46)42(38(34)44)28-9-5-2-6-10-28/h1-24H. The van der Waals surface area contributed by atoms with E-state index in [1.807, 2.05) is 60.7 Å². The number of benzene rings is 6. The molecular weight excluding hydrogens is 604 g/mol. The highest BCUT2D eigenvalue weighted by molar-refractivity contribution is 6.35. The fraction of sp³-hybridized carbons (Fsp3) is 0. The Balaban J connectivity index is 0.936. The highest BCUT2D eigenvalue weighted by Gasteiger charge is 2.38. The summed E-state index contributed by atoms with van der Waals surface area (Å²) in [5.41, 5.74) is 4.23. The summed E-state index contributed by atoms with van der Waals surface area (Å²) in [6.07, 6.45) is 0. The number of carbonyl (C=O) groups excluding carboxylic acids is 4. The van der Waals surface area contributed by atoms with Crippen LogP contribution in [-0.2, 0) is 0 Å². The van der Waals surface area contributed by atoms with Crippen molar-refractivity contribution in [2.24, 2.45) is 0 Å². The molecule has 4 amide bonds. The van der Waals surface area contributed by atoms with Gasteiger partial charge >= 0.3 is 0 Å². The molecule has 0 saturated heterocycles. The smallest absolute Gasteiger partial charge is 0.266 e. The van der Waals surface area contributed by atoms with E-state index in [2.05, 4.69) is 0 Å². The molecule has 230 valence electrons. The van der Waals surface area contributed by atoms with E-state index in [4.69, 9.17) is 9.47 Å². The number of para-hydroxylation sites is 2. The second-order valence-electron chi connectivity index (χ2n) is 11.2. The van der Waals surface area contributed by atoms with Gasteiger partial charge < -0.3 is 9.47 Å². The minimum absolute atomic E-state index is 0.300. The zero-order chi connectivity index (χ0) is 32.8. The van der Waals surface area contributed by atoms with Crippen molar-refractivity contribution in [1.82, 2.24) is 0 Å². The van der Waals surface area contributed by atoms with E-state index in [0.29, 0.717) is 56.6 Å². The van der Waals surface area contributed by atoms with Crippen LogP contribution in [0.25, 0.3) is 11.1 Å². The van der Waals surface area contributed by atoms with E-state index in [0.717, 1.165) is 11.1 Å². The quantitative estimate of drug-likeness (QED) is 0.165. The summed E-state index contributed by atoms with van der Waals surface area (Å²) in [5.74, 6) is 0.559. The first-order chi connectivity index (χ1) is 23.4. The Morgan fingerprint density at radius 2 is 0.667 bits per heavy atom. The first-order valence-corrected chi connectivity index (χ1v) is 15.2. The molecule has 6 aromatic carbocycles. The van der Waals surface area contributed by atoms with Crippen LogP contribution in [0, 0.1) is 0 Å². The third-order valence-electron chi connectivity index (χ3n) is 8.26. The largest absolute Gasteiger partial charge is 0.457 e. The normalized spacial score (nSPS) is 13.5. The Bertz CT molecular complexity index is 2090. The van der Waals surface area contributed by atoms with Crippen molar-refractivity contribution in [2.75, 3.05) is 9.80 Å². The summed E-state index contributed by atoms with van der Waals surface area (Å²) in [5, 5.41) is 0. The first kappa shape index (κ1) is 28.7. The summed E-state index contributed by atoms with van der Waals surface area (Å²) in [7, 11) is 0. The van der Waals surface area contributed by atoms with Gasteiger partial charge in [0.1, 0.15) is 23.0 Å². The number of fused-ring (bicyclic) bond motifs is 2. The number of hydrogen-bond acceptors (Lipinski definition) is 6. The molecule has 0 bridgehead atoms. The zero-order valence-corrected chi connectivity index (χ0v) is 25.2. The Morgan fingerprint density at radius 1 is 0.333 bits per heavy atom. The number of anilines is 2. The SMILES string of the molecule is O=C1c2ccc(Oc3ccc(-c4ccc(Oc5ccc6c(c5)C(=O)N(c5ccccc5)C6=O)cc4)cc3)cc2C(=O)N1c1ccccc1. The molecule has 0 atom stereocenters. The molecule has 2 aliphatic heterocycles. The molecule has 8 rings (SSSR count). The van der Waals surface area contributed by atoms with Crippen LogP contribution in [0.4, 0.5) is 11.4 Å². The predicted molar refractivity (Wildman–Crippen MR) is 180 cm³/mol. The monoisotopic (exact) mass is 628 g/mol. The van der Waals surface area contributed by atoms with Crippen LogP contribution < -0.4 is 19.3 Å².